The largest absolute Gasteiger partial charge is 0.381 e. The molecule has 1 aromatic carbocycles. The van der Waals surface area contributed by atoms with Crippen LogP contribution < -0.4 is 32.1 Å². The molecule has 8 heteroatoms. The molecule has 3 aliphatic rings. The van der Waals surface area contributed by atoms with E-state index in [1.54, 1.807) is 0 Å². The van der Waals surface area contributed by atoms with Gasteiger partial charge in [-0.2, -0.15) is 0 Å². The van der Waals surface area contributed by atoms with E-state index >= 15 is 0 Å². The van der Waals surface area contributed by atoms with Gasteiger partial charge in [0, 0.05) is 61.4 Å². The van der Waals surface area contributed by atoms with Crippen LogP contribution in [0, 0.1) is 0 Å². The van der Waals surface area contributed by atoms with Crippen LogP contribution in [-0.2, 0) is 11.3 Å². The quantitative estimate of drug-likeness (QED) is 0.329. The Kier molecular flexibility index (Phi) is 9.63. The molecule has 0 radical (unpaired) electrons. The number of ether oxygens (including phenoxy) is 1. The number of nitrogens with one attached hydrogen (secondary N) is 4. The average molecular weight is 533 g/mol. The molecular weight excluding hydrogens is 488 g/mol. The average Bonchev–Trinajstić information content (AvgIpc) is 3.13. The van der Waals surface area contributed by atoms with Crippen LogP contribution in [0.3, 0.4) is 0 Å². The first kappa shape index (κ1) is 27.8. The summed E-state index contributed by atoms with van der Waals surface area (Å²) in [6, 6.07) is 11.2. The van der Waals surface area contributed by atoms with Crippen LogP contribution in [0.4, 0.5) is 0 Å². The van der Waals surface area contributed by atoms with Gasteiger partial charge in [-0.3, -0.25) is 4.79 Å². The van der Waals surface area contributed by atoms with Crippen LogP contribution in [0.15, 0.2) is 30.3 Å². The number of pyridine rings is 1. The highest BCUT2D eigenvalue weighted by molar-refractivity contribution is 5.96. The minimum absolute atomic E-state index is 0.0250. The number of carbonyl (C=O) groups excluding carboxylic acids is 1. The molecule has 0 spiro atoms. The number of hydrogen-bond acceptors (Lipinski definition) is 7. The Morgan fingerprint density at radius 3 is 2.72 bits per heavy atom. The van der Waals surface area contributed by atoms with Crippen molar-refractivity contribution in [2.45, 2.75) is 70.0 Å². The van der Waals surface area contributed by atoms with Crippen LogP contribution in [0.5, 0.6) is 0 Å². The third kappa shape index (κ3) is 7.25. The van der Waals surface area contributed by atoms with E-state index in [0.29, 0.717) is 24.8 Å². The van der Waals surface area contributed by atoms with Crippen molar-refractivity contribution < 1.29 is 9.53 Å². The Hall–Kier alpha value is -2.78. The number of nitrogens with zero attached hydrogens (tertiary/aromatic N) is 2. The van der Waals surface area contributed by atoms with Gasteiger partial charge in [0.1, 0.15) is 0 Å². The predicted molar refractivity (Wildman–Crippen MR) is 156 cm³/mol. The van der Waals surface area contributed by atoms with Crippen molar-refractivity contribution in [2.24, 2.45) is 0 Å². The Bertz CT molecular complexity index is 1250. The maximum absolute atomic E-state index is 13.9. The molecule has 4 N–H and O–H groups in total. The van der Waals surface area contributed by atoms with E-state index in [2.05, 4.69) is 63.8 Å². The monoisotopic (exact) mass is 532 g/mol. The zero-order valence-electron chi connectivity index (χ0n) is 23.5. The lowest BCUT2D eigenvalue weighted by atomic mass is 9.94. The molecule has 2 fully saturated rings. The van der Waals surface area contributed by atoms with E-state index in [1.165, 1.54) is 24.8 Å². The summed E-state index contributed by atoms with van der Waals surface area (Å²) in [4.78, 5) is 21.3. The second-order valence-electron chi connectivity index (χ2n) is 11.2. The van der Waals surface area contributed by atoms with Crippen molar-refractivity contribution in [1.29, 1.82) is 0 Å². The Balaban J connectivity index is 1.52. The number of benzene rings is 1. The van der Waals surface area contributed by atoms with E-state index < -0.39 is 0 Å². The molecule has 1 amide bonds. The van der Waals surface area contributed by atoms with Crippen molar-refractivity contribution in [3.8, 4) is 11.3 Å². The smallest absolute Gasteiger partial charge is 0.252 e. The molecule has 8 nitrogen and oxygen atoms in total. The van der Waals surface area contributed by atoms with Gasteiger partial charge in [0.15, 0.2) is 0 Å². The van der Waals surface area contributed by atoms with Gasteiger partial charge in [-0.25, -0.2) is 10.4 Å². The molecule has 2 aliphatic carbocycles. The minimum atomic E-state index is -0.0250. The predicted octanol–water partition coefficient (Wildman–Crippen LogP) is 2.03. The third-order valence-corrected chi connectivity index (χ3v) is 8.07. The molecule has 210 valence electrons. The number of rotatable bonds is 11. The molecule has 1 saturated heterocycles. The fourth-order valence-electron chi connectivity index (χ4n) is 5.49. The van der Waals surface area contributed by atoms with Crippen LogP contribution >= 0.6 is 0 Å². The number of amides is 1. The van der Waals surface area contributed by atoms with Gasteiger partial charge in [-0.1, -0.05) is 30.7 Å². The maximum atomic E-state index is 13.9. The minimum Gasteiger partial charge on any atom is -0.381 e. The highest BCUT2D eigenvalue weighted by atomic mass is 16.5. The van der Waals surface area contributed by atoms with Gasteiger partial charge in [0.2, 0.25) is 0 Å². The van der Waals surface area contributed by atoms with Crippen molar-refractivity contribution in [3.63, 3.8) is 0 Å². The highest BCUT2D eigenvalue weighted by Crippen LogP contribution is 2.21. The van der Waals surface area contributed by atoms with Crippen LogP contribution in [-0.4, -0.2) is 68.3 Å². The number of aromatic nitrogens is 1. The summed E-state index contributed by atoms with van der Waals surface area (Å²) in [7, 11) is 4.12. The summed E-state index contributed by atoms with van der Waals surface area (Å²) in [5.74, 6) is -0.0250. The van der Waals surface area contributed by atoms with Gasteiger partial charge in [-0.05, 0) is 76.7 Å². The van der Waals surface area contributed by atoms with Crippen LogP contribution in [0.1, 0.15) is 67.3 Å². The SMILES string of the molecule is CNCCN(C)Cc1cccc(-c2cc(C(=O)NC3CCOCC3)c3c(n2)=CCCCC=3NNC2CCC2)c1. The Morgan fingerprint density at radius 1 is 1.10 bits per heavy atom. The fraction of sp³-hybridized carbons (Fsp3) is 0.548. The normalized spacial score (nSPS) is 18.2. The number of carbonyl (C=O) groups is 1. The summed E-state index contributed by atoms with van der Waals surface area (Å²) in [5.41, 5.74) is 11.9. The second kappa shape index (κ2) is 13.5. The standard InChI is InChI=1S/C31H44N6O2/c1-32-15-16-37(2)21-22-7-5-8-23(19-22)29-20-26(31(38)33-24-13-17-39-18-14-24)30-27(34-29)11-3-4-12-28(30)36-35-25-9-6-10-25/h5,7-8,11,19-20,24-25,32,35-36H,3-4,6,9-10,12-18,21H2,1-2H3,(H,33,38). The number of hydrazine groups is 1. The number of likely N-dealkylation sites (N-methyl/N-ethyl adjacent to an activating group) is 2. The molecule has 0 bridgehead atoms. The zero-order chi connectivity index (χ0) is 27.0. The first-order chi connectivity index (χ1) is 19.1. The topological polar surface area (TPSA) is 90.6 Å². The molecule has 2 heterocycles. The lowest BCUT2D eigenvalue weighted by Gasteiger charge is -2.28. The van der Waals surface area contributed by atoms with Crippen LogP contribution in [0.25, 0.3) is 23.0 Å². The summed E-state index contributed by atoms with van der Waals surface area (Å²) < 4.78 is 5.52. The van der Waals surface area contributed by atoms with Crippen molar-refractivity contribution >= 4 is 17.7 Å². The molecule has 2 aromatic rings. The Morgan fingerprint density at radius 2 is 1.95 bits per heavy atom. The molecular formula is C31H44N6O2. The summed E-state index contributed by atoms with van der Waals surface area (Å²) >= 11 is 0. The first-order valence-electron chi connectivity index (χ1n) is 14.7. The Labute approximate surface area is 232 Å². The maximum Gasteiger partial charge on any atom is 0.252 e. The summed E-state index contributed by atoms with van der Waals surface area (Å²) in [6.07, 6.45) is 10.4. The van der Waals surface area contributed by atoms with Gasteiger partial charge >= 0.3 is 0 Å². The van der Waals surface area contributed by atoms with E-state index in [4.69, 9.17) is 9.72 Å². The molecule has 1 aromatic heterocycles. The number of fused-ring (bicyclic) bond motifs is 1. The van der Waals surface area contributed by atoms with Crippen molar-refractivity contribution in [1.82, 2.24) is 31.4 Å². The molecule has 0 atom stereocenters. The summed E-state index contributed by atoms with van der Waals surface area (Å²) in [5, 5.41) is 8.37. The van der Waals surface area contributed by atoms with E-state index in [1.807, 2.05) is 13.1 Å². The first-order valence-corrected chi connectivity index (χ1v) is 14.7. The lowest BCUT2D eigenvalue weighted by Crippen LogP contribution is -2.49. The van der Waals surface area contributed by atoms with Gasteiger partial charge in [0.05, 0.1) is 16.6 Å². The molecule has 5 rings (SSSR count). The van der Waals surface area contributed by atoms with E-state index in [-0.39, 0.29) is 11.9 Å². The van der Waals surface area contributed by atoms with Crippen molar-refractivity contribution in [2.75, 3.05) is 40.4 Å². The summed E-state index contributed by atoms with van der Waals surface area (Å²) in [6.45, 7) is 4.17. The molecule has 1 saturated carbocycles. The second-order valence-corrected chi connectivity index (χ2v) is 11.2. The van der Waals surface area contributed by atoms with Gasteiger partial charge in [0.25, 0.3) is 5.91 Å². The van der Waals surface area contributed by atoms with Gasteiger partial charge < -0.3 is 25.7 Å². The zero-order valence-corrected chi connectivity index (χ0v) is 23.5. The molecule has 1 aliphatic heterocycles. The van der Waals surface area contributed by atoms with Crippen molar-refractivity contribution in [3.05, 3.63) is 52.0 Å². The third-order valence-electron chi connectivity index (χ3n) is 8.07. The fourth-order valence-corrected chi connectivity index (χ4v) is 5.49. The lowest BCUT2D eigenvalue weighted by molar-refractivity contribution is 0.0696. The van der Waals surface area contributed by atoms with Crippen LogP contribution in [0.2, 0.25) is 0 Å². The van der Waals surface area contributed by atoms with E-state index in [0.717, 1.165) is 79.3 Å². The van der Waals surface area contributed by atoms with Gasteiger partial charge in [-0.15, -0.1) is 0 Å². The molecule has 39 heavy (non-hydrogen) atoms. The van der Waals surface area contributed by atoms with E-state index in [9.17, 15) is 4.79 Å². The highest BCUT2D eigenvalue weighted by Gasteiger charge is 2.22. The molecule has 0 unspecified atom stereocenters. The number of hydrogen-bond donors (Lipinski definition) is 4.